The third kappa shape index (κ3) is 11.7. The fourth-order valence-corrected chi connectivity index (χ4v) is 4.33. The lowest BCUT2D eigenvalue weighted by Crippen LogP contribution is -2.40. The van der Waals surface area contributed by atoms with E-state index < -0.39 is 17.2 Å². The van der Waals surface area contributed by atoms with E-state index in [-0.39, 0.29) is 19.1 Å². The molecule has 0 saturated carbocycles. The van der Waals surface area contributed by atoms with Crippen molar-refractivity contribution in [2.45, 2.75) is 86.5 Å². The Hall–Kier alpha value is -3.65. The molecule has 0 aromatic heterocycles. The highest BCUT2D eigenvalue weighted by atomic mass is 16.6. The number of allylic oxidation sites excluding steroid dienone is 1. The Morgan fingerprint density at radius 2 is 1.62 bits per heavy atom. The van der Waals surface area contributed by atoms with Crippen LogP contribution in [0.5, 0.6) is 5.75 Å². The highest BCUT2D eigenvalue weighted by Crippen LogP contribution is 2.29. The number of aliphatic imine (C=N–C) groups is 1. The Morgan fingerprint density at radius 3 is 2.17 bits per heavy atom. The summed E-state index contributed by atoms with van der Waals surface area (Å²) in [7, 11) is 0. The summed E-state index contributed by atoms with van der Waals surface area (Å²) < 4.78 is 22.7. The van der Waals surface area contributed by atoms with Gasteiger partial charge in [-0.3, -0.25) is 14.7 Å². The van der Waals surface area contributed by atoms with Gasteiger partial charge in [-0.2, -0.15) is 0 Å². The van der Waals surface area contributed by atoms with E-state index in [1.807, 2.05) is 77.1 Å². The first-order chi connectivity index (χ1) is 19.6. The Kier molecular flexibility index (Phi) is 12.8. The molecular formula is C34H48N2O6. The largest absolute Gasteiger partial charge is 0.476 e. The normalized spacial score (nSPS) is 12.2. The summed E-state index contributed by atoms with van der Waals surface area (Å²) in [6, 6.07) is 13.8. The van der Waals surface area contributed by atoms with Crippen LogP contribution in [0.2, 0.25) is 0 Å². The Morgan fingerprint density at radius 1 is 1.00 bits per heavy atom. The Labute approximate surface area is 251 Å². The van der Waals surface area contributed by atoms with Gasteiger partial charge in [-0.05, 0) is 97.6 Å². The van der Waals surface area contributed by atoms with Crippen LogP contribution in [0.15, 0.2) is 59.8 Å². The van der Waals surface area contributed by atoms with E-state index in [1.54, 1.807) is 27.7 Å². The van der Waals surface area contributed by atoms with Crippen molar-refractivity contribution in [3.05, 3.63) is 77.1 Å². The van der Waals surface area contributed by atoms with Crippen LogP contribution in [0.3, 0.4) is 0 Å². The maximum atomic E-state index is 12.8. The molecule has 0 unspecified atom stereocenters. The van der Waals surface area contributed by atoms with Gasteiger partial charge in [-0.15, -0.1) is 0 Å². The van der Waals surface area contributed by atoms with Gasteiger partial charge in [0.15, 0.2) is 5.60 Å². The lowest BCUT2D eigenvalue weighted by molar-refractivity contribution is -0.159. The van der Waals surface area contributed by atoms with Crippen LogP contribution in [0, 0.1) is 13.8 Å². The van der Waals surface area contributed by atoms with Gasteiger partial charge < -0.3 is 18.9 Å². The third-order valence-corrected chi connectivity index (χ3v) is 6.00. The molecule has 2 aromatic carbocycles. The number of carbonyl (C=O) groups excluding carboxylic acids is 2. The Bertz CT molecular complexity index is 1220. The van der Waals surface area contributed by atoms with Crippen LogP contribution in [-0.4, -0.2) is 60.2 Å². The first-order valence-electron chi connectivity index (χ1n) is 14.4. The molecule has 0 aliphatic heterocycles. The van der Waals surface area contributed by atoms with E-state index in [9.17, 15) is 9.59 Å². The van der Waals surface area contributed by atoms with Crippen LogP contribution >= 0.6 is 0 Å². The zero-order valence-electron chi connectivity index (χ0n) is 26.8. The molecule has 230 valence electrons. The third-order valence-electron chi connectivity index (χ3n) is 6.00. The van der Waals surface area contributed by atoms with Crippen LogP contribution in [-0.2, 0) is 30.3 Å². The molecular weight excluding hydrogens is 532 g/mol. The average Bonchev–Trinajstić information content (AvgIpc) is 2.87. The number of benzene rings is 2. The standard InChI is InChI=1S/C34H48N2O6/c1-11-39-32(38)34(9,10)42-30-25(4)20-27(21-26(30)5)22-36(23-29(37)41-33(6,7)8)19-15-18-35-31(40-24(2)3)28-16-13-12-14-17-28/h12-14,16-17,20-21H,2,11,15,18-19,22-23H2,1,3-10H3. The molecule has 8 heteroatoms. The molecule has 2 aromatic rings. The summed E-state index contributed by atoms with van der Waals surface area (Å²) in [5.41, 5.74) is 2.00. The number of rotatable bonds is 14. The number of hydrogen-bond acceptors (Lipinski definition) is 8. The van der Waals surface area contributed by atoms with E-state index in [1.165, 1.54) is 0 Å². The quantitative estimate of drug-likeness (QED) is 0.0823. The fourth-order valence-electron chi connectivity index (χ4n) is 4.33. The Balaban J connectivity index is 2.21. The van der Waals surface area contributed by atoms with Gasteiger partial charge in [0.25, 0.3) is 0 Å². The van der Waals surface area contributed by atoms with Gasteiger partial charge >= 0.3 is 11.9 Å². The number of esters is 2. The minimum atomic E-state index is -1.12. The lowest BCUT2D eigenvalue weighted by Gasteiger charge is -2.27. The lowest BCUT2D eigenvalue weighted by atomic mass is 10.0. The van der Waals surface area contributed by atoms with E-state index >= 15 is 0 Å². The summed E-state index contributed by atoms with van der Waals surface area (Å²) in [5, 5.41) is 0. The molecule has 0 atom stereocenters. The second-order valence-corrected chi connectivity index (χ2v) is 11.9. The summed E-state index contributed by atoms with van der Waals surface area (Å²) >= 11 is 0. The second kappa shape index (κ2) is 15.5. The minimum absolute atomic E-state index is 0.140. The summed E-state index contributed by atoms with van der Waals surface area (Å²) in [6.07, 6.45) is 0.700. The number of carbonyl (C=O) groups is 2. The molecule has 0 spiro atoms. The molecule has 0 aliphatic rings. The van der Waals surface area contributed by atoms with Crippen molar-refractivity contribution in [3.63, 3.8) is 0 Å². The van der Waals surface area contributed by atoms with Gasteiger partial charge in [-0.25, -0.2) is 4.79 Å². The number of ether oxygens (including phenoxy) is 4. The zero-order chi connectivity index (χ0) is 31.5. The highest BCUT2D eigenvalue weighted by molar-refractivity contribution is 5.94. The summed E-state index contributed by atoms with van der Waals surface area (Å²) in [5.74, 6) is 1.03. The summed E-state index contributed by atoms with van der Waals surface area (Å²) in [4.78, 5) is 31.9. The second-order valence-electron chi connectivity index (χ2n) is 11.9. The molecule has 42 heavy (non-hydrogen) atoms. The van der Waals surface area contributed by atoms with E-state index in [4.69, 9.17) is 18.9 Å². The van der Waals surface area contributed by atoms with Crippen molar-refractivity contribution < 1.29 is 28.5 Å². The molecule has 0 aliphatic carbocycles. The maximum Gasteiger partial charge on any atom is 0.349 e. The topological polar surface area (TPSA) is 86.7 Å². The van der Waals surface area contributed by atoms with Gasteiger partial charge in [0.05, 0.1) is 18.9 Å². The summed E-state index contributed by atoms with van der Waals surface area (Å²) in [6.45, 7) is 22.4. The van der Waals surface area contributed by atoms with Crippen LogP contribution in [0.4, 0.5) is 0 Å². The molecule has 0 N–H and O–H groups in total. The SMILES string of the molecule is C=C(C)OC(=NCCCN(CC(=O)OC(C)(C)C)Cc1cc(C)c(OC(C)(C)C(=O)OCC)c(C)c1)c1ccccc1. The van der Waals surface area contributed by atoms with Gasteiger partial charge in [0.2, 0.25) is 5.90 Å². The van der Waals surface area contributed by atoms with Crippen LogP contribution in [0.1, 0.15) is 77.1 Å². The first-order valence-corrected chi connectivity index (χ1v) is 14.4. The predicted octanol–water partition coefficient (Wildman–Crippen LogP) is 6.55. The van der Waals surface area contributed by atoms with Gasteiger partial charge in [-0.1, -0.05) is 36.9 Å². The molecule has 0 heterocycles. The molecule has 0 amide bonds. The van der Waals surface area contributed by atoms with Gasteiger partial charge in [0, 0.05) is 25.2 Å². The van der Waals surface area contributed by atoms with Crippen molar-refractivity contribution in [2.75, 3.05) is 26.2 Å². The molecule has 8 nitrogen and oxygen atoms in total. The average molecular weight is 581 g/mol. The van der Waals surface area contributed by atoms with Crippen molar-refractivity contribution in [1.82, 2.24) is 4.90 Å². The van der Waals surface area contributed by atoms with E-state index in [0.717, 1.165) is 22.3 Å². The smallest absolute Gasteiger partial charge is 0.349 e. The monoisotopic (exact) mass is 580 g/mol. The van der Waals surface area contributed by atoms with Crippen LogP contribution in [0.25, 0.3) is 0 Å². The van der Waals surface area contributed by atoms with Crippen molar-refractivity contribution in [1.29, 1.82) is 0 Å². The predicted molar refractivity (Wildman–Crippen MR) is 167 cm³/mol. The van der Waals surface area contributed by atoms with Gasteiger partial charge in [0.1, 0.15) is 11.4 Å². The fraction of sp³-hybridized carbons (Fsp3) is 0.500. The van der Waals surface area contributed by atoms with E-state index in [0.29, 0.717) is 43.5 Å². The molecule has 0 fully saturated rings. The van der Waals surface area contributed by atoms with E-state index in [2.05, 4.69) is 16.5 Å². The van der Waals surface area contributed by atoms with Crippen molar-refractivity contribution in [3.8, 4) is 5.75 Å². The van der Waals surface area contributed by atoms with Crippen molar-refractivity contribution >= 4 is 17.8 Å². The first kappa shape index (κ1) is 34.6. The number of nitrogens with zero attached hydrogens (tertiary/aromatic N) is 2. The molecule has 0 radical (unpaired) electrons. The maximum absolute atomic E-state index is 12.8. The number of aryl methyl sites for hydroxylation is 2. The molecule has 2 rings (SSSR count). The molecule has 0 bridgehead atoms. The minimum Gasteiger partial charge on any atom is -0.476 e. The molecule has 0 saturated heterocycles. The highest BCUT2D eigenvalue weighted by Gasteiger charge is 2.32. The zero-order valence-corrected chi connectivity index (χ0v) is 26.8. The van der Waals surface area contributed by atoms with Crippen LogP contribution < -0.4 is 4.74 Å². The number of hydrogen-bond donors (Lipinski definition) is 0. The van der Waals surface area contributed by atoms with Crippen molar-refractivity contribution in [2.24, 2.45) is 4.99 Å².